The van der Waals surface area contributed by atoms with Crippen molar-refractivity contribution in [3.05, 3.63) is 35.9 Å². The molecular formula is C29H38O8. The van der Waals surface area contributed by atoms with Gasteiger partial charge in [-0.2, -0.15) is 0 Å². The van der Waals surface area contributed by atoms with Gasteiger partial charge in [0.1, 0.15) is 0 Å². The Balaban J connectivity index is 0.000000173. The minimum absolute atomic E-state index is 0.00782. The molecule has 2 aliphatic heterocycles. The highest BCUT2D eigenvalue weighted by Crippen LogP contribution is 2.70. The summed E-state index contributed by atoms with van der Waals surface area (Å²) in [6.07, 6.45) is 5.39. The predicted octanol–water partition coefficient (Wildman–Crippen LogP) is 4.59. The van der Waals surface area contributed by atoms with E-state index in [9.17, 15) is 19.2 Å². The number of carbonyl (C=O) groups excluding carboxylic acids is 4. The van der Waals surface area contributed by atoms with Crippen LogP contribution < -0.4 is 0 Å². The van der Waals surface area contributed by atoms with Crippen molar-refractivity contribution in [1.82, 2.24) is 0 Å². The molecule has 8 heteroatoms. The number of cyclic esters (lactones) is 4. The molecule has 0 N–H and O–H groups in total. The first-order valence-corrected chi connectivity index (χ1v) is 13.1. The predicted molar refractivity (Wildman–Crippen MR) is 132 cm³/mol. The van der Waals surface area contributed by atoms with Gasteiger partial charge in [0, 0.05) is 0 Å². The summed E-state index contributed by atoms with van der Waals surface area (Å²) in [7, 11) is 0. The molecule has 37 heavy (non-hydrogen) atoms. The van der Waals surface area contributed by atoms with Crippen LogP contribution in [0.2, 0.25) is 0 Å². The standard InChI is InChI=1S/C15H22O4.C14H16O4/c1-13(2)9-5-6-14(3,7-9)10(13)15(4)11(16)18-8-19-12(15)17;1-14(12(15)17-10-18-13(14)16)9-5-8-11-6-3-2-4-7-11/h9-10H,5-8H2,1-4H3;2-4,6-7H,5,8-10H2,1H3. The highest BCUT2D eigenvalue weighted by atomic mass is 16.7. The van der Waals surface area contributed by atoms with Gasteiger partial charge in [-0.1, -0.05) is 51.1 Å². The van der Waals surface area contributed by atoms with Gasteiger partial charge in [-0.3, -0.25) is 19.2 Å². The fourth-order valence-electron chi connectivity index (χ4n) is 7.53. The number of rotatable bonds is 5. The van der Waals surface area contributed by atoms with E-state index in [1.165, 1.54) is 12.0 Å². The van der Waals surface area contributed by atoms with Gasteiger partial charge in [-0.25, -0.2) is 0 Å². The quantitative estimate of drug-likeness (QED) is 0.415. The van der Waals surface area contributed by atoms with E-state index < -0.39 is 34.7 Å². The van der Waals surface area contributed by atoms with Crippen LogP contribution in [0.1, 0.15) is 72.3 Å². The van der Waals surface area contributed by atoms with Crippen LogP contribution in [0.5, 0.6) is 0 Å². The molecule has 2 aliphatic carbocycles. The molecule has 5 rings (SSSR count). The van der Waals surface area contributed by atoms with E-state index in [1.807, 2.05) is 30.3 Å². The molecule has 3 unspecified atom stereocenters. The molecule has 3 atom stereocenters. The van der Waals surface area contributed by atoms with Gasteiger partial charge in [0.25, 0.3) is 0 Å². The molecule has 2 saturated heterocycles. The van der Waals surface area contributed by atoms with Crippen LogP contribution in [-0.4, -0.2) is 37.5 Å². The molecule has 1 aromatic carbocycles. The summed E-state index contributed by atoms with van der Waals surface area (Å²) in [5.74, 6) is -1.20. The molecule has 2 heterocycles. The first-order valence-electron chi connectivity index (χ1n) is 13.1. The Kier molecular flexibility index (Phi) is 7.16. The van der Waals surface area contributed by atoms with Gasteiger partial charge in [0.15, 0.2) is 10.8 Å². The highest BCUT2D eigenvalue weighted by molar-refractivity contribution is 6.01. The zero-order valence-corrected chi connectivity index (χ0v) is 22.5. The Morgan fingerprint density at radius 2 is 1.32 bits per heavy atom. The monoisotopic (exact) mass is 514 g/mol. The smallest absolute Gasteiger partial charge is 0.326 e. The lowest BCUT2D eigenvalue weighted by molar-refractivity contribution is -0.214. The fourth-order valence-corrected chi connectivity index (χ4v) is 7.53. The van der Waals surface area contributed by atoms with E-state index in [0.717, 1.165) is 25.7 Å². The Labute approximate surface area is 218 Å². The number of fused-ring (bicyclic) bond motifs is 2. The van der Waals surface area contributed by atoms with Crippen molar-refractivity contribution in [3.8, 4) is 0 Å². The van der Waals surface area contributed by atoms with Crippen molar-refractivity contribution >= 4 is 23.9 Å². The zero-order chi connectivity index (χ0) is 27.1. The van der Waals surface area contributed by atoms with Crippen molar-refractivity contribution in [1.29, 1.82) is 0 Å². The van der Waals surface area contributed by atoms with Gasteiger partial charge >= 0.3 is 23.9 Å². The summed E-state index contributed by atoms with van der Waals surface area (Å²) in [4.78, 5) is 47.9. The summed E-state index contributed by atoms with van der Waals surface area (Å²) in [5, 5.41) is 0. The summed E-state index contributed by atoms with van der Waals surface area (Å²) >= 11 is 0. The number of benzene rings is 1. The molecule has 1 aromatic rings. The van der Waals surface area contributed by atoms with Crippen molar-refractivity contribution in [3.63, 3.8) is 0 Å². The van der Waals surface area contributed by atoms with Crippen LogP contribution in [0.4, 0.5) is 0 Å². The number of hydrogen-bond acceptors (Lipinski definition) is 8. The van der Waals surface area contributed by atoms with Gasteiger partial charge in [0.2, 0.25) is 13.6 Å². The molecule has 2 bridgehead atoms. The Bertz CT molecular complexity index is 1020. The molecule has 4 fully saturated rings. The molecule has 202 valence electrons. The summed E-state index contributed by atoms with van der Waals surface area (Å²) in [6.45, 7) is 9.40. The number of aryl methyl sites for hydroxylation is 1. The third-order valence-electron chi connectivity index (χ3n) is 9.34. The zero-order valence-electron chi connectivity index (χ0n) is 22.5. The lowest BCUT2D eigenvalue weighted by Crippen LogP contribution is -2.57. The van der Waals surface area contributed by atoms with Crippen molar-refractivity contribution < 1.29 is 38.1 Å². The third-order valence-corrected chi connectivity index (χ3v) is 9.34. The largest absolute Gasteiger partial charge is 0.427 e. The molecular weight excluding hydrogens is 476 g/mol. The van der Waals surface area contributed by atoms with Crippen LogP contribution in [0.15, 0.2) is 30.3 Å². The Morgan fingerprint density at radius 1 is 0.784 bits per heavy atom. The van der Waals surface area contributed by atoms with E-state index >= 15 is 0 Å². The summed E-state index contributed by atoms with van der Waals surface area (Å²) < 4.78 is 19.6. The van der Waals surface area contributed by atoms with Crippen LogP contribution >= 0.6 is 0 Å². The van der Waals surface area contributed by atoms with E-state index in [4.69, 9.17) is 18.9 Å². The van der Waals surface area contributed by atoms with E-state index in [0.29, 0.717) is 12.3 Å². The number of ether oxygens (including phenoxy) is 4. The third kappa shape index (κ3) is 4.64. The molecule has 0 aromatic heterocycles. The molecule has 8 nitrogen and oxygen atoms in total. The maximum absolute atomic E-state index is 12.3. The molecule has 0 amide bonds. The first-order chi connectivity index (χ1) is 17.4. The normalized spacial score (nSPS) is 30.8. The molecule has 2 saturated carbocycles. The second kappa shape index (κ2) is 9.76. The highest BCUT2D eigenvalue weighted by Gasteiger charge is 2.70. The van der Waals surface area contributed by atoms with Crippen molar-refractivity contribution in [2.45, 2.75) is 73.1 Å². The minimum atomic E-state index is -1.15. The average molecular weight is 515 g/mol. The van der Waals surface area contributed by atoms with Gasteiger partial charge in [0.05, 0.1) is 0 Å². The van der Waals surface area contributed by atoms with E-state index in [-0.39, 0.29) is 30.3 Å². The van der Waals surface area contributed by atoms with E-state index in [2.05, 4.69) is 20.8 Å². The van der Waals surface area contributed by atoms with Gasteiger partial charge < -0.3 is 18.9 Å². The molecule has 0 radical (unpaired) electrons. The van der Waals surface area contributed by atoms with Crippen molar-refractivity contribution in [2.24, 2.45) is 33.5 Å². The Hall–Kier alpha value is -2.90. The van der Waals surface area contributed by atoms with Gasteiger partial charge in [-0.15, -0.1) is 0 Å². The van der Waals surface area contributed by atoms with Crippen LogP contribution in [0.3, 0.4) is 0 Å². The second-order valence-electron chi connectivity index (χ2n) is 12.2. The minimum Gasteiger partial charge on any atom is -0.427 e. The van der Waals surface area contributed by atoms with Crippen LogP contribution in [-0.2, 0) is 44.5 Å². The number of carbonyl (C=O) groups is 4. The fraction of sp³-hybridized carbons (Fsp3) is 0.655. The van der Waals surface area contributed by atoms with E-state index in [1.54, 1.807) is 13.8 Å². The Morgan fingerprint density at radius 3 is 1.84 bits per heavy atom. The lowest BCUT2D eigenvalue weighted by Gasteiger charge is -2.50. The summed E-state index contributed by atoms with van der Waals surface area (Å²) in [5.41, 5.74) is -1.09. The molecule has 4 aliphatic rings. The van der Waals surface area contributed by atoms with Crippen molar-refractivity contribution in [2.75, 3.05) is 13.6 Å². The summed E-state index contributed by atoms with van der Waals surface area (Å²) in [6, 6.07) is 9.96. The van der Waals surface area contributed by atoms with Gasteiger partial charge in [-0.05, 0) is 80.6 Å². The van der Waals surface area contributed by atoms with Crippen LogP contribution in [0.25, 0.3) is 0 Å². The topological polar surface area (TPSA) is 105 Å². The van der Waals surface area contributed by atoms with Crippen LogP contribution in [0, 0.1) is 33.5 Å². The first kappa shape index (κ1) is 27.1. The molecule has 0 spiro atoms. The number of hydrogen-bond donors (Lipinski definition) is 0. The second-order valence-corrected chi connectivity index (χ2v) is 12.2. The average Bonchev–Trinajstić information content (AvgIpc) is 3.34. The lowest BCUT2D eigenvalue weighted by atomic mass is 9.53. The SMILES string of the molecule is CC1(CCCc2ccccc2)C(=O)OCOC1=O.CC12CCC(C1)C(C)(C)C2C1(C)C(=O)OCOC1=O. The maximum atomic E-state index is 12.3. The number of esters is 4. The maximum Gasteiger partial charge on any atom is 0.326 e.